The van der Waals surface area contributed by atoms with E-state index in [9.17, 15) is 9.59 Å². The maximum Gasteiger partial charge on any atom is 0.265 e. The highest BCUT2D eigenvalue weighted by Crippen LogP contribution is 2.44. The topological polar surface area (TPSA) is 58.6 Å². The van der Waals surface area contributed by atoms with Crippen LogP contribution in [0.5, 0.6) is 5.75 Å². The van der Waals surface area contributed by atoms with Crippen LogP contribution >= 0.6 is 11.8 Å². The summed E-state index contributed by atoms with van der Waals surface area (Å²) in [5.74, 6) is 0.546. The average Bonchev–Trinajstić information content (AvgIpc) is 2.58. The van der Waals surface area contributed by atoms with Gasteiger partial charge in [-0.1, -0.05) is 30.3 Å². The number of carbonyl (C=O) groups excluding carboxylic acids is 2. The highest BCUT2D eigenvalue weighted by atomic mass is 32.2. The van der Waals surface area contributed by atoms with Gasteiger partial charge >= 0.3 is 0 Å². The molecular weight excluding hydrogens is 324 g/mol. The summed E-state index contributed by atoms with van der Waals surface area (Å²) in [6.45, 7) is 2.38. The number of carbonyl (C=O) groups is 2. The van der Waals surface area contributed by atoms with Crippen LogP contribution in [0.1, 0.15) is 12.5 Å². The van der Waals surface area contributed by atoms with Crippen molar-refractivity contribution in [1.29, 1.82) is 0 Å². The van der Waals surface area contributed by atoms with Crippen LogP contribution in [0.2, 0.25) is 0 Å². The predicted octanol–water partition coefficient (Wildman–Crippen LogP) is 3.04. The van der Waals surface area contributed by atoms with Gasteiger partial charge in [-0.3, -0.25) is 9.59 Å². The summed E-state index contributed by atoms with van der Waals surface area (Å²) in [7, 11) is 0. The van der Waals surface area contributed by atoms with Gasteiger partial charge in [-0.2, -0.15) is 0 Å². The largest absolute Gasteiger partial charge is 0.481 e. The highest BCUT2D eigenvalue weighted by Gasteiger charge is 2.30. The lowest BCUT2D eigenvalue weighted by atomic mass is 10.1. The molecule has 0 unspecified atom stereocenters. The van der Waals surface area contributed by atoms with Gasteiger partial charge in [0.15, 0.2) is 6.61 Å². The summed E-state index contributed by atoms with van der Waals surface area (Å²) in [5, 5.41) is 2.74. The second-order valence-electron chi connectivity index (χ2n) is 5.82. The zero-order chi connectivity index (χ0) is 16.7. The van der Waals surface area contributed by atoms with Crippen molar-refractivity contribution < 1.29 is 14.3 Å². The lowest BCUT2D eigenvalue weighted by Crippen LogP contribution is -2.38. The minimum Gasteiger partial charge on any atom is -0.481 e. The Bertz CT molecular complexity index is 823. The smallest absolute Gasteiger partial charge is 0.265 e. The van der Waals surface area contributed by atoms with Gasteiger partial charge in [0.25, 0.3) is 5.91 Å². The lowest BCUT2D eigenvalue weighted by molar-refractivity contribution is -0.121. The lowest BCUT2D eigenvalue weighted by Gasteiger charge is -2.32. The van der Waals surface area contributed by atoms with E-state index < -0.39 is 0 Å². The van der Waals surface area contributed by atoms with Crippen molar-refractivity contribution >= 4 is 35.0 Å². The molecule has 24 heavy (non-hydrogen) atoms. The van der Waals surface area contributed by atoms with E-state index in [1.54, 1.807) is 4.90 Å². The molecule has 122 valence electrons. The Labute approximate surface area is 144 Å². The zero-order valence-electron chi connectivity index (χ0n) is 13.1. The van der Waals surface area contributed by atoms with Gasteiger partial charge in [0.2, 0.25) is 5.91 Å². The third-order valence-corrected chi connectivity index (χ3v) is 5.28. The summed E-state index contributed by atoms with van der Waals surface area (Å²) in [6, 6.07) is 13.6. The predicted molar refractivity (Wildman–Crippen MR) is 93.5 cm³/mol. The Morgan fingerprint density at radius 2 is 2.04 bits per heavy atom. The molecule has 2 amide bonds. The van der Waals surface area contributed by atoms with Crippen molar-refractivity contribution in [2.75, 3.05) is 16.8 Å². The monoisotopic (exact) mass is 340 g/mol. The van der Waals surface area contributed by atoms with Crippen LogP contribution in [0.3, 0.4) is 0 Å². The standard InChI is InChI=1S/C18H16N2O3S/c1-11-18(22)19-13-7-15-14(8-16(13)24-11)20(17(21)10-23-15)9-12-5-3-2-4-6-12/h2-8,11H,9-10H2,1H3,(H,19,22)/t11-/m1/s1. The molecule has 2 aliphatic rings. The normalized spacial score (nSPS) is 19.2. The van der Waals surface area contributed by atoms with Gasteiger partial charge < -0.3 is 15.0 Å². The third kappa shape index (κ3) is 2.63. The average molecular weight is 340 g/mol. The first-order chi connectivity index (χ1) is 11.6. The first-order valence-corrected chi connectivity index (χ1v) is 8.62. The van der Waals surface area contributed by atoms with Crippen LogP contribution in [-0.4, -0.2) is 23.7 Å². The minimum atomic E-state index is -0.154. The van der Waals surface area contributed by atoms with Crippen LogP contribution < -0.4 is 15.0 Å². The number of amides is 2. The van der Waals surface area contributed by atoms with Crippen molar-refractivity contribution in [3.05, 3.63) is 48.0 Å². The van der Waals surface area contributed by atoms with Crippen LogP contribution in [-0.2, 0) is 16.1 Å². The molecule has 0 aliphatic carbocycles. The van der Waals surface area contributed by atoms with E-state index in [0.29, 0.717) is 12.3 Å². The fourth-order valence-electron chi connectivity index (χ4n) is 2.84. The number of hydrogen-bond acceptors (Lipinski definition) is 4. The van der Waals surface area contributed by atoms with Crippen LogP contribution in [0.15, 0.2) is 47.4 Å². The number of fused-ring (bicyclic) bond motifs is 2. The molecule has 1 N–H and O–H groups in total. The summed E-state index contributed by atoms with van der Waals surface area (Å²) in [4.78, 5) is 26.9. The first kappa shape index (κ1) is 15.1. The number of anilines is 2. The quantitative estimate of drug-likeness (QED) is 0.913. The maximum atomic E-state index is 12.4. The molecule has 2 aliphatic heterocycles. The molecule has 1 atom stereocenters. The highest BCUT2D eigenvalue weighted by molar-refractivity contribution is 8.01. The van der Waals surface area contributed by atoms with Gasteiger partial charge in [0, 0.05) is 11.0 Å². The Balaban J connectivity index is 1.73. The van der Waals surface area contributed by atoms with Crippen molar-refractivity contribution in [3.8, 4) is 5.75 Å². The number of nitrogens with one attached hydrogen (secondary N) is 1. The second-order valence-corrected chi connectivity index (χ2v) is 7.20. The molecule has 0 radical (unpaired) electrons. The second kappa shape index (κ2) is 5.87. The van der Waals surface area contributed by atoms with E-state index in [-0.39, 0.29) is 23.7 Å². The van der Waals surface area contributed by atoms with Crippen molar-refractivity contribution in [2.45, 2.75) is 23.6 Å². The molecular formula is C18H16N2O3S. The summed E-state index contributed by atoms with van der Waals surface area (Å²) in [6.07, 6.45) is 0. The van der Waals surface area contributed by atoms with Crippen LogP contribution in [0.25, 0.3) is 0 Å². The van der Waals surface area contributed by atoms with Crippen LogP contribution in [0, 0.1) is 0 Å². The molecule has 0 saturated carbocycles. The molecule has 2 aromatic rings. The summed E-state index contributed by atoms with van der Waals surface area (Å²) < 4.78 is 5.58. The molecule has 4 rings (SSSR count). The van der Waals surface area contributed by atoms with Crippen LogP contribution in [0.4, 0.5) is 11.4 Å². The van der Waals surface area contributed by atoms with Gasteiger partial charge in [-0.15, -0.1) is 11.8 Å². The van der Waals surface area contributed by atoms with E-state index in [1.165, 1.54) is 11.8 Å². The molecule has 6 heteroatoms. The number of thioether (sulfide) groups is 1. The molecule has 0 bridgehead atoms. The van der Waals surface area contributed by atoms with E-state index >= 15 is 0 Å². The van der Waals surface area contributed by atoms with Gasteiger partial charge in [-0.05, 0) is 18.6 Å². The Hall–Kier alpha value is -2.47. The van der Waals surface area contributed by atoms with E-state index in [0.717, 1.165) is 21.8 Å². The Morgan fingerprint density at radius 1 is 1.25 bits per heavy atom. The number of rotatable bonds is 2. The summed E-state index contributed by atoms with van der Waals surface area (Å²) in [5.41, 5.74) is 2.56. The number of hydrogen-bond donors (Lipinski definition) is 1. The third-order valence-electron chi connectivity index (χ3n) is 4.12. The Kier molecular flexibility index (Phi) is 3.69. The molecule has 5 nitrogen and oxygen atoms in total. The zero-order valence-corrected chi connectivity index (χ0v) is 13.9. The fourth-order valence-corrected chi connectivity index (χ4v) is 3.80. The maximum absolute atomic E-state index is 12.4. The van der Waals surface area contributed by atoms with Crippen molar-refractivity contribution in [3.63, 3.8) is 0 Å². The van der Waals surface area contributed by atoms with Gasteiger partial charge in [0.05, 0.1) is 23.2 Å². The SMILES string of the molecule is C[C@H]1Sc2cc3c(cc2NC1=O)OCC(=O)N3Cc1ccccc1. The minimum absolute atomic E-state index is 0.0100. The molecule has 2 heterocycles. The summed E-state index contributed by atoms with van der Waals surface area (Å²) >= 11 is 1.50. The van der Waals surface area contributed by atoms with Crippen molar-refractivity contribution in [1.82, 2.24) is 0 Å². The molecule has 2 aromatic carbocycles. The van der Waals surface area contributed by atoms with Gasteiger partial charge in [-0.25, -0.2) is 0 Å². The van der Waals surface area contributed by atoms with Crippen molar-refractivity contribution in [2.24, 2.45) is 0 Å². The first-order valence-electron chi connectivity index (χ1n) is 7.74. The number of benzene rings is 2. The fraction of sp³-hybridized carbons (Fsp3) is 0.222. The molecule has 0 fully saturated rings. The number of nitrogens with zero attached hydrogens (tertiary/aromatic N) is 1. The molecule has 0 aromatic heterocycles. The van der Waals surface area contributed by atoms with E-state index in [4.69, 9.17) is 4.74 Å². The van der Waals surface area contributed by atoms with Gasteiger partial charge in [0.1, 0.15) is 5.75 Å². The van der Waals surface area contributed by atoms with E-state index in [1.807, 2.05) is 49.4 Å². The number of ether oxygens (including phenoxy) is 1. The molecule has 0 spiro atoms. The van der Waals surface area contributed by atoms with E-state index in [2.05, 4.69) is 5.32 Å². The molecule has 0 saturated heterocycles. The Morgan fingerprint density at radius 3 is 2.83 bits per heavy atom.